The summed E-state index contributed by atoms with van der Waals surface area (Å²) in [5.41, 5.74) is 1.29. The summed E-state index contributed by atoms with van der Waals surface area (Å²) in [7, 11) is 0. The van der Waals surface area contributed by atoms with Crippen molar-refractivity contribution in [1.82, 2.24) is 10.5 Å². The van der Waals surface area contributed by atoms with Crippen molar-refractivity contribution in [2.45, 2.75) is 51.2 Å². The van der Waals surface area contributed by atoms with E-state index in [1.165, 1.54) is 18.4 Å². The van der Waals surface area contributed by atoms with E-state index in [0.29, 0.717) is 12.1 Å². The molecule has 0 spiro atoms. The van der Waals surface area contributed by atoms with Gasteiger partial charge in [0.05, 0.1) is 12.3 Å². The fraction of sp³-hybridized carbons (Fsp3) is 0.786. The van der Waals surface area contributed by atoms with Gasteiger partial charge >= 0.3 is 0 Å². The van der Waals surface area contributed by atoms with Gasteiger partial charge in [-0.2, -0.15) is 0 Å². The summed E-state index contributed by atoms with van der Waals surface area (Å²) >= 11 is 0. The van der Waals surface area contributed by atoms with Crippen LogP contribution in [0.3, 0.4) is 0 Å². The Morgan fingerprint density at radius 1 is 1.44 bits per heavy atom. The lowest BCUT2D eigenvalue weighted by Crippen LogP contribution is -2.36. The number of hydrogen-bond acceptors (Lipinski definition) is 4. The molecule has 1 saturated heterocycles. The van der Waals surface area contributed by atoms with E-state index in [1.54, 1.807) is 0 Å². The third kappa shape index (κ3) is 2.59. The fourth-order valence-corrected chi connectivity index (χ4v) is 3.04. The van der Waals surface area contributed by atoms with Gasteiger partial charge in [-0.05, 0) is 38.1 Å². The van der Waals surface area contributed by atoms with E-state index in [1.807, 2.05) is 6.20 Å². The van der Waals surface area contributed by atoms with Crippen LogP contribution >= 0.6 is 0 Å². The zero-order valence-electron chi connectivity index (χ0n) is 11.0. The van der Waals surface area contributed by atoms with Crippen LogP contribution in [0.4, 0.5) is 0 Å². The molecule has 1 fully saturated rings. The molecule has 1 aliphatic heterocycles. The van der Waals surface area contributed by atoms with Crippen molar-refractivity contribution in [2.75, 3.05) is 13.2 Å². The monoisotopic (exact) mass is 250 g/mol. The second-order valence-corrected chi connectivity index (χ2v) is 5.63. The average Bonchev–Trinajstić information content (AvgIpc) is 2.98. The summed E-state index contributed by atoms with van der Waals surface area (Å²) in [6.45, 7) is 4.28. The molecular weight excluding hydrogens is 228 g/mol. The first kappa shape index (κ1) is 12.2. The van der Waals surface area contributed by atoms with Crippen LogP contribution in [0.2, 0.25) is 0 Å². The highest BCUT2D eigenvalue weighted by Crippen LogP contribution is 2.23. The second kappa shape index (κ2) is 5.41. The quantitative estimate of drug-likeness (QED) is 0.887. The number of aromatic nitrogens is 1. The third-order valence-electron chi connectivity index (χ3n) is 4.33. The van der Waals surface area contributed by atoms with Gasteiger partial charge < -0.3 is 14.6 Å². The van der Waals surface area contributed by atoms with Crippen molar-refractivity contribution in [3.63, 3.8) is 0 Å². The molecule has 1 aromatic heterocycles. The van der Waals surface area contributed by atoms with Crippen LogP contribution in [0.15, 0.2) is 10.7 Å². The summed E-state index contributed by atoms with van der Waals surface area (Å²) in [6, 6.07) is 0.544. The fourth-order valence-electron chi connectivity index (χ4n) is 3.04. The first-order valence-electron chi connectivity index (χ1n) is 7.10. The molecule has 0 aromatic carbocycles. The van der Waals surface area contributed by atoms with Gasteiger partial charge in [0.15, 0.2) is 0 Å². The molecule has 1 N–H and O–H groups in total. The molecule has 1 unspecified atom stereocenters. The summed E-state index contributed by atoms with van der Waals surface area (Å²) in [5, 5.41) is 7.50. The molecule has 1 aromatic rings. The van der Waals surface area contributed by atoms with Gasteiger partial charge in [-0.3, -0.25) is 0 Å². The van der Waals surface area contributed by atoms with Crippen molar-refractivity contribution in [3.8, 4) is 0 Å². The third-order valence-corrected chi connectivity index (χ3v) is 4.33. The lowest BCUT2D eigenvalue weighted by Gasteiger charge is -2.23. The van der Waals surface area contributed by atoms with E-state index in [2.05, 4.69) is 17.4 Å². The van der Waals surface area contributed by atoms with Crippen LogP contribution in [0, 0.1) is 5.92 Å². The molecule has 0 amide bonds. The van der Waals surface area contributed by atoms with Gasteiger partial charge in [-0.1, -0.05) is 12.1 Å². The van der Waals surface area contributed by atoms with Crippen molar-refractivity contribution in [1.29, 1.82) is 0 Å². The number of rotatable bonds is 4. The standard InChI is InChI=1S/C14H22N2O2/c1-10-5-7-17-13(10)4-6-15-12-3-2-11-9-16-18-14(11)8-12/h9-10,12-13,15H,2-8H2,1H3/t10-,12?,13-/m1/s1. The molecule has 3 rings (SSSR count). The van der Waals surface area contributed by atoms with Gasteiger partial charge in [0, 0.05) is 24.6 Å². The number of ether oxygens (including phenoxy) is 1. The van der Waals surface area contributed by atoms with Crippen molar-refractivity contribution >= 4 is 0 Å². The highest BCUT2D eigenvalue weighted by atomic mass is 16.5. The normalized spacial score (nSPS) is 31.5. The molecule has 1 aliphatic carbocycles. The predicted octanol–water partition coefficient (Wildman–Crippen LogP) is 1.94. The predicted molar refractivity (Wildman–Crippen MR) is 68.5 cm³/mol. The van der Waals surface area contributed by atoms with Crippen LogP contribution in [-0.2, 0) is 17.6 Å². The minimum Gasteiger partial charge on any atom is -0.378 e. The van der Waals surface area contributed by atoms with Crippen molar-refractivity contribution in [2.24, 2.45) is 5.92 Å². The summed E-state index contributed by atoms with van der Waals surface area (Å²) in [6.07, 6.45) is 7.93. The molecular formula is C14H22N2O2. The Balaban J connectivity index is 1.42. The van der Waals surface area contributed by atoms with E-state index >= 15 is 0 Å². The van der Waals surface area contributed by atoms with E-state index in [-0.39, 0.29) is 0 Å². The highest BCUT2D eigenvalue weighted by Gasteiger charge is 2.25. The maximum atomic E-state index is 5.73. The van der Waals surface area contributed by atoms with E-state index in [0.717, 1.165) is 44.1 Å². The number of nitrogens with one attached hydrogen (secondary N) is 1. The molecule has 2 heterocycles. The molecule has 3 atom stereocenters. The number of fused-ring (bicyclic) bond motifs is 1. The number of hydrogen-bond donors (Lipinski definition) is 1. The highest BCUT2D eigenvalue weighted by molar-refractivity contribution is 5.18. The lowest BCUT2D eigenvalue weighted by atomic mass is 9.94. The maximum absolute atomic E-state index is 5.73. The van der Waals surface area contributed by atoms with E-state index in [9.17, 15) is 0 Å². The molecule has 0 radical (unpaired) electrons. The number of nitrogens with zero attached hydrogens (tertiary/aromatic N) is 1. The summed E-state index contributed by atoms with van der Waals surface area (Å²) < 4.78 is 11.0. The Kier molecular flexibility index (Phi) is 3.66. The molecule has 0 saturated carbocycles. The molecule has 4 heteroatoms. The summed E-state index contributed by atoms with van der Waals surface area (Å²) in [4.78, 5) is 0. The van der Waals surface area contributed by atoms with Crippen LogP contribution in [0.25, 0.3) is 0 Å². The first-order chi connectivity index (χ1) is 8.83. The largest absolute Gasteiger partial charge is 0.378 e. The Morgan fingerprint density at radius 3 is 3.22 bits per heavy atom. The minimum atomic E-state index is 0.460. The maximum Gasteiger partial charge on any atom is 0.141 e. The Morgan fingerprint density at radius 2 is 2.39 bits per heavy atom. The average molecular weight is 250 g/mol. The van der Waals surface area contributed by atoms with Gasteiger partial charge in [-0.15, -0.1) is 0 Å². The van der Waals surface area contributed by atoms with Crippen LogP contribution in [0.5, 0.6) is 0 Å². The SMILES string of the molecule is C[C@@H]1CCO[C@@H]1CCNC1CCc2cnoc2C1. The van der Waals surface area contributed by atoms with Crippen LogP contribution < -0.4 is 5.32 Å². The lowest BCUT2D eigenvalue weighted by molar-refractivity contribution is 0.0862. The second-order valence-electron chi connectivity index (χ2n) is 5.63. The Hall–Kier alpha value is -0.870. The first-order valence-corrected chi connectivity index (χ1v) is 7.10. The molecule has 100 valence electrons. The molecule has 4 nitrogen and oxygen atoms in total. The van der Waals surface area contributed by atoms with Gasteiger partial charge in [0.2, 0.25) is 0 Å². The molecule has 0 bridgehead atoms. The number of aryl methyl sites for hydroxylation is 1. The smallest absolute Gasteiger partial charge is 0.141 e. The van der Waals surface area contributed by atoms with E-state index < -0.39 is 0 Å². The van der Waals surface area contributed by atoms with Crippen molar-refractivity contribution < 1.29 is 9.26 Å². The Bertz CT molecular complexity index is 391. The van der Waals surface area contributed by atoms with Crippen LogP contribution in [0.1, 0.15) is 37.5 Å². The van der Waals surface area contributed by atoms with Gasteiger partial charge in [0.25, 0.3) is 0 Å². The zero-order chi connectivity index (χ0) is 12.4. The van der Waals surface area contributed by atoms with Crippen LogP contribution in [-0.4, -0.2) is 30.5 Å². The molecule has 18 heavy (non-hydrogen) atoms. The zero-order valence-corrected chi connectivity index (χ0v) is 11.0. The Labute approximate surface area is 108 Å². The molecule has 2 aliphatic rings. The van der Waals surface area contributed by atoms with Gasteiger partial charge in [-0.25, -0.2) is 0 Å². The topological polar surface area (TPSA) is 47.3 Å². The van der Waals surface area contributed by atoms with E-state index in [4.69, 9.17) is 9.26 Å². The minimum absolute atomic E-state index is 0.460. The van der Waals surface area contributed by atoms with Gasteiger partial charge in [0.1, 0.15) is 5.76 Å². The summed E-state index contributed by atoms with van der Waals surface area (Å²) in [5.74, 6) is 1.79. The van der Waals surface area contributed by atoms with Crippen molar-refractivity contribution in [3.05, 3.63) is 17.5 Å².